The summed E-state index contributed by atoms with van der Waals surface area (Å²) in [6, 6.07) is 7.83. The van der Waals surface area contributed by atoms with Crippen LogP contribution in [0.3, 0.4) is 0 Å². The van der Waals surface area contributed by atoms with Gasteiger partial charge in [0.15, 0.2) is 11.5 Å². The van der Waals surface area contributed by atoms with E-state index in [0.29, 0.717) is 11.5 Å². The lowest BCUT2D eigenvalue weighted by atomic mass is 10.3. The van der Waals surface area contributed by atoms with Crippen molar-refractivity contribution >= 4 is 15.9 Å². The Morgan fingerprint density at radius 1 is 1.21 bits per heavy atom. The van der Waals surface area contributed by atoms with Gasteiger partial charge >= 0.3 is 0 Å². The Kier molecular flexibility index (Phi) is 4.63. The smallest absolute Gasteiger partial charge is 0.241 e. The normalized spacial score (nSPS) is 12.8. The maximum Gasteiger partial charge on any atom is 0.241 e. The van der Waals surface area contributed by atoms with Crippen molar-refractivity contribution in [3.63, 3.8) is 0 Å². The van der Waals surface area contributed by atoms with Crippen molar-refractivity contribution in [2.75, 3.05) is 13.3 Å². The molecule has 1 aliphatic heterocycles. The van der Waals surface area contributed by atoms with Crippen molar-refractivity contribution in [2.45, 2.75) is 11.4 Å². The molecule has 8 nitrogen and oxygen atoms in total. The number of aromatic nitrogens is 1. The van der Waals surface area contributed by atoms with Gasteiger partial charge in [-0.05, 0) is 23.8 Å². The fraction of sp³-hybridized carbons (Fsp3) is 0.200. The fourth-order valence-corrected chi connectivity index (χ4v) is 3.05. The molecule has 24 heavy (non-hydrogen) atoms. The van der Waals surface area contributed by atoms with E-state index >= 15 is 0 Å². The summed E-state index contributed by atoms with van der Waals surface area (Å²) < 4.78 is 37.0. The predicted octanol–water partition coefficient (Wildman–Crippen LogP) is 0.405. The van der Waals surface area contributed by atoms with Gasteiger partial charge in [0.1, 0.15) is 0 Å². The van der Waals surface area contributed by atoms with Gasteiger partial charge in [-0.15, -0.1) is 0 Å². The fourth-order valence-electron chi connectivity index (χ4n) is 2.05. The largest absolute Gasteiger partial charge is 0.454 e. The Balaban J connectivity index is 1.56. The molecule has 0 atom stereocenters. The number of carbonyl (C=O) groups excluding carboxylic acids is 1. The van der Waals surface area contributed by atoms with Crippen molar-refractivity contribution in [1.29, 1.82) is 0 Å². The quantitative estimate of drug-likeness (QED) is 0.782. The minimum atomic E-state index is -3.82. The summed E-state index contributed by atoms with van der Waals surface area (Å²) >= 11 is 0. The van der Waals surface area contributed by atoms with E-state index in [1.807, 2.05) is 6.07 Å². The summed E-state index contributed by atoms with van der Waals surface area (Å²) in [6.07, 6.45) is 3.25. The lowest BCUT2D eigenvalue weighted by Crippen LogP contribution is -2.36. The zero-order valence-electron chi connectivity index (χ0n) is 12.6. The van der Waals surface area contributed by atoms with Crippen LogP contribution in [0.15, 0.2) is 47.6 Å². The highest BCUT2D eigenvalue weighted by Gasteiger charge is 2.20. The molecule has 1 amide bonds. The van der Waals surface area contributed by atoms with Crippen LogP contribution in [0.1, 0.15) is 5.56 Å². The molecule has 0 radical (unpaired) electrons. The zero-order chi connectivity index (χ0) is 17.0. The summed E-state index contributed by atoms with van der Waals surface area (Å²) in [6.45, 7) is -0.0293. The van der Waals surface area contributed by atoms with Gasteiger partial charge < -0.3 is 14.8 Å². The summed E-state index contributed by atoms with van der Waals surface area (Å²) in [7, 11) is -3.82. The van der Waals surface area contributed by atoms with Crippen molar-refractivity contribution in [1.82, 2.24) is 15.0 Å². The number of nitrogens with zero attached hydrogens (tertiary/aromatic N) is 1. The Morgan fingerprint density at radius 3 is 2.83 bits per heavy atom. The van der Waals surface area contributed by atoms with Crippen LogP contribution in [0.25, 0.3) is 0 Å². The highest BCUT2D eigenvalue weighted by Crippen LogP contribution is 2.33. The van der Waals surface area contributed by atoms with Crippen molar-refractivity contribution in [2.24, 2.45) is 0 Å². The third-order valence-corrected chi connectivity index (χ3v) is 4.69. The van der Waals surface area contributed by atoms with Crippen molar-refractivity contribution < 1.29 is 22.7 Å². The molecular formula is C15H15N3O5S. The number of benzene rings is 1. The van der Waals surface area contributed by atoms with Crippen LogP contribution in [-0.2, 0) is 21.4 Å². The van der Waals surface area contributed by atoms with E-state index in [0.717, 1.165) is 5.56 Å². The molecule has 1 aromatic carbocycles. The van der Waals surface area contributed by atoms with Crippen LogP contribution in [0.2, 0.25) is 0 Å². The van der Waals surface area contributed by atoms with Crippen LogP contribution in [0.5, 0.6) is 11.5 Å². The number of sulfonamides is 1. The van der Waals surface area contributed by atoms with Gasteiger partial charge in [-0.1, -0.05) is 6.07 Å². The first-order valence-corrected chi connectivity index (χ1v) is 8.58. The number of pyridine rings is 1. The van der Waals surface area contributed by atoms with Crippen LogP contribution in [0, 0.1) is 0 Å². The second-order valence-electron chi connectivity index (χ2n) is 4.98. The molecule has 9 heteroatoms. The van der Waals surface area contributed by atoms with E-state index in [4.69, 9.17) is 9.47 Å². The molecule has 0 unspecified atom stereocenters. The van der Waals surface area contributed by atoms with Gasteiger partial charge in [-0.2, -0.15) is 0 Å². The van der Waals surface area contributed by atoms with Gasteiger partial charge in [-0.25, -0.2) is 13.1 Å². The molecule has 2 aromatic rings. The van der Waals surface area contributed by atoms with E-state index in [1.165, 1.54) is 18.2 Å². The number of nitrogens with one attached hydrogen (secondary N) is 2. The molecule has 0 spiro atoms. The van der Waals surface area contributed by atoms with E-state index in [2.05, 4.69) is 15.0 Å². The average Bonchev–Trinajstić information content (AvgIpc) is 3.07. The van der Waals surface area contributed by atoms with E-state index in [-0.39, 0.29) is 24.8 Å². The maximum atomic E-state index is 12.2. The zero-order valence-corrected chi connectivity index (χ0v) is 13.4. The second-order valence-corrected chi connectivity index (χ2v) is 6.74. The Morgan fingerprint density at radius 2 is 2.04 bits per heavy atom. The number of hydrogen-bond donors (Lipinski definition) is 2. The molecule has 0 aliphatic carbocycles. The molecular weight excluding hydrogens is 334 g/mol. The van der Waals surface area contributed by atoms with Crippen LogP contribution >= 0.6 is 0 Å². The molecule has 2 heterocycles. The highest BCUT2D eigenvalue weighted by atomic mass is 32.2. The molecule has 1 aliphatic rings. The van der Waals surface area contributed by atoms with Crippen molar-refractivity contribution in [3.8, 4) is 11.5 Å². The van der Waals surface area contributed by atoms with Gasteiger partial charge in [0.05, 0.1) is 11.4 Å². The minimum Gasteiger partial charge on any atom is -0.454 e. The van der Waals surface area contributed by atoms with E-state index in [9.17, 15) is 13.2 Å². The molecule has 0 bridgehead atoms. The summed E-state index contributed by atoms with van der Waals surface area (Å²) in [4.78, 5) is 15.7. The Labute approximate surface area is 138 Å². The lowest BCUT2D eigenvalue weighted by Gasteiger charge is -2.08. The van der Waals surface area contributed by atoms with Gasteiger partial charge in [0.25, 0.3) is 0 Å². The third kappa shape index (κ3) is 3.81. The molecule has 126 valence electrons. The first-order chi connectivity index (χ1) is 11.5. The number of ether oxygens (including phenoxy) is 2. The van der Waals surface area contributed by atoms with Gasteiger partial charge in [0.2, 0.25) is 22.7 Å². The molecule has 0 fully saturated rings. The molecule has 0 saturated heterocycles. The van der Waals surface area contributed by atoms with E-state index in [1.54, 1.807) is 18.5 Å². The lowest BCUT2D eigenvalue weighted by molar-refractivity contribution is -0.120. The number of carbonyl (C=O) groups is 1. The standard InChI is InChI=1S/C15H15N3O5S/c19-15(17-8-11-2-1-5-16-7-11)9-18-24(20,21)12-3-4-13-14(6-12)23-10-22-13/h1-7,18H,8-10H2,(H,17,19). The molecule has 3 rings (SSSR count). The maximum absolute atomic E-state index is 12.2. The van der Waals surface area contributed by atoms with Gasteiger partial charge in [0, 0.05) is 25.0 Å². The number of rotatable bonds is 6. The number of hydrogen-bond acceptors (Lipinski definition) is 6. The third-order valence-electron chi connectivity index (χ3n) is 3.29. The predicted molar refractivity (Wildman–Crippen MR) is 83.8 cm³/mol. The molecule has 0 saturated carbocycles. The monoisotopic (exact) mass is 349 g/mol. The topological polar surface area (TPSA) is 107 Å². The summed E-state index contributed by atoms with van der Waals surface area (Å²) in [5.74, 6) is 0.408. The molecule has 2 N–H and O–H groups in total. The summed E-state index contributed by atoms with van der Waals surface area (Å²) in [5, 5.41) is 2.61. The highest BCUT2D eigenvalue weighted by molar-refractivity contribution is 7.89. The number of amides is 1. The van der Waals surface area contributed by atoms with Crippen LogP contribution < -0.4 is 19.5 Å². The second kappa shape index (κ2) is 6.85. The Bertz CT molecular complexity index is 839. The minimum absolute atomic E-state index is 0.00630. The van der Waals surface area contributed by atoms with Crippen LogP contribution in [-0.4, -0.2) is 32.6 Å². The van der Waals surface area contributed by atoms with Gasteiger partial charge in [-0.3, -0.25) is 9.78 Å². The van der Waals surface area contributed by atoms with Crippen LogP contribution in [0.4, 0.5) is 0 Å². The molecule has 1 aromatic heterocycles. The SMILES string of the molecule is O=C(CNS(=O)(=O)c1ccc2c(c1)OCO2)NCc1cccnc1. The first-order valence-electron chi connectivity index (χ1n) is 7.09. The number of fused-ring (bicyclic) bond motifs is 1. The summed E-state index contributed by atoms with van der Waals surface area (Å²) in [5.41, 5.74) is 0.824. The Hall–Kier alpha value is -2.65. The van der Waals surface area contributed by atoms with E-state index < -0.39 is 15.9 Å². The first kappa shape index (κ1) is 16.2. The van der Waals surface area contributed by atoms with Crippen molar-refractivity contribution in [3.05, 3.63) is 48.3 Å². The average molecular weight is 349 g/mol.